The number of hydrogen-bond donors (Lipinski definition) is 1. The molecule has 2 aliphatic heterocycles. The molecule has 1 saturated heterocycles. The topological polar surface area (TPSA) is 101 Å². The lowest BCUT2D eigenvalue weighted by atomic mass is 10.1. The van der Waals surface area contributed by atoms with Crippen LogP contribution in [-0.2, 0) is 9.59 Å². The second-order valence-electron chi connectivity index (χ2n) is 7.81. The second kappa shape index (κ2) is 10.6. The van der Waals surface area contributed by atoms with Crippen LogP contribution in [0.1, 0.15) is 12.5 Å². The van der Waals surface area contributed by atoms with Crippen molar-refractivity contribution < 1.29 is 23.9 Å². The number of rotatable bonds is 7. The lowest BCUT2D eigenvalue weighted by molar-refractivity contribution is -0.122. The zero-order valence-corrected chi connectivity index (χ0v) is 21.4. The summed E-state index contributed by atoms with van der Waals surface area (Å²) in [7, 11) is 3.02. The largest absolute Gasteiger partial charge is 0.497 e. The summed E-state index contributed by atoms with van der Waals surface area (Å²) in [6, 6.07) is 11.6. The van der Waals surface area contributed by atoms with Crippen molar-refractivity contribution in [2.24, 2.45) is 4.99 Å². The van der Waals surface area contributed by atoms with Gasteiger partial charge in [-0.1, -0.05) is 36.4 Å². The predicted octanol–water partition coefficient (Wildman–Crippen LogP) is 3.97. The summed E-state index contributed by atoms with van der Waals surface area (Å²) >= 11 is 2.85. The van der Waals surface area contributed by atoms with Gasteiger partial charge in [0.25, 0.3) is 5.91 Å². The molecule has 1 N–H and O–H groups in total. The maximum Gasteiger partial charge on any atom is 0.333 e. The fourth-order valence-electron chi connectivity index (χ4n) is 3.79. The third-order valence-corrected chi connectivity index (χ3v) is 7.80. The average Bonchev–Trinajstić information content (AvgIpc) is 3.27. The van der Waals surface area contributed by atoms with E-state index in [1.807, 2.05) is 26.0 Å². The molecule has 2 aliphatic rings. The summed E-state index contributed by atoms with van der Waals surface area (Å²) in [4.78, 5) is 47.1. The number of hydrogen-bond acceptors (Lipinski definition) is 8. The van der Waals surface area contributed by atoms with Crippen molar-refractivity contribution in [3.05, 3.63) is 48.0 Å². The molecular formula is C24H26N4O5S2. The molecule has 0 bridgehead atoms. The van der Waals surface area contributed by atoms with Gasteiger partial charge in [-0.15, -0.1) is 11.8 Å². The molecule has 2 aromatic carbocycles. The zero-order valence-electron chi connectivity index (χ0n) is 19.8. The first-order valence-corrected chi connectivity index (χ1v) is 12.8. The van der Waals surface area contributed by atoms with Crippen LogP contribution in [0.25, 0.3) is 0 Å². The Labute approximate surface area is 212 Å². The quantitative estimate of drug-likeness (QED) is 0.597. The number of aryl methyl sites for hydroxylation is 1. The maximum atomic E-state index is 13.6. The first kappa shape index (κ1) is 24.9. The number of carbonyl (C=O) groups excluding carboxylic acids is 3. The van der Waals surface area contributed by atoms with Crippen LogP contribution >= 0.6 is 23.5 Å². The Kier molecular flexibility index (Phi) is 7.56. The van der Waals surface area contributed by atoms with Gasteiger partial charge in [0.1, 0.15) is 33.8 Å². The van der Waals surface area contributed by atoms with Gasteiger partial charge in [0.05, 0.1) is 25.6 Å². The van der Waals surface area contributed by atoms with E-state index in [1.54, 1.807) is 30.3 Å². The molecule has 0 aromatic heterocycles. The van der Waals surface area contributed by atoms with Gasteiger partial charge in [-0.3, -0.25) is 14.5 Å². The van der Waals surface area contributed by atoms with E-state index < -0.39 is 23.4 Å². The van der Waals surface area contributed by atoms with Gasteiger partial charge in [0.15, 0.2) is 0 Å². The van der Waals surface area contributed by atoms with E-state index in [1.165, 1.54) is 42.6 Å². The molecule has 0 radical (unpaired) electrons. The van der Waals surface area contributed by atoms with Crippen molar-refractivity contribution in [3.8, 4) is 11.5 Å². The number of carbonyl (C=O) groups is 3. The van der Waals surface area contributed by atoms with E-state index in [-0.39, 0.29) is 12.5 Å². The zero-order chi connectivity index (χ0) is 25.1. The summed E-state index contributed by atoms with van der Waals surface area (Å²) in [5.41, 5.74) is 1.88. The minimum absolute atomic E-state index is 0.288. The minimum atomic E-state index is -0.756. The SMILES string of the molecule is CCSC1=NC2C(S1)C(=O)N(c1ccc(C)cc1)C(=O)N2CC(=O)Nc1cc(OC)ccc1OC. The summed E-state index contributed by atoms with van der Waals surface area (Å²) < 4.78 is 11.3. The fourth-order valence-corrected chi connectivity index (χ4v) is 6.08. The van der Waals surface area contributed by atoms with Crippen molar-refractivity contribution >= 4 is 57.1 Å². The maximum absolute atomic E-state index is 13.6. The number of nitrogens with one attached hydrogen (secondary N) is 1. The highest BCUT2D eigenvalue weighted by molar-refractivity contribution is 8.39. The van der Waals surface area contributed by atoms with Gasteiger partial charge in [-0.2, -0.15) is 0 Å². The van der Waals surface area contributed by atoms with Crippen LogP contribution in [0.4, 0.5) is 16.2 Å². The molecule has 184 valence electrons. The summed E-state index contributed by atoms with van der Waals surface area (Å²) in [6.45, 7) is 3.64. The predicted molar refractivity (Wildman–Crippen MR) is 140 cm³/mol. The Bertz CT molecular complexity index is 1170. The van der Waals surface area contributed by atoms with Crippen LogP contribution < -0.4 is 19.7 Å². The summed E-state index contributed by atoms with van der Waals surface area (Å²) in [6.07, 6.45) is -0.756. The third-order valence-electron chi connectivity index (χ3n) is 5.51. The number of fused-ring (bicyclic) bond motifs is 1. The third kappa shape index (κ3) is 5.10. The number of imide groups is 1. The molecule has 1 fully saturated rings. The molecule has 11 heteroatoms. The minimum Gasteiger partial charge on any atom is -0.497 e. The number of methoxy groups -OCH3 is 2. The van der Waals surface area contributed by atoms with Crippen molar-refractivity contribution in [3.63, 3.8) is 0 Å². The van der Waals surface area contributed by atoms with Gasteiger partial charge >= 0.3 is 6.03 Å². The number of benzene rings is 2. The smallest absolute Gasteiger partial charge is 0.333 e. The standard InChI is InChI=1S/C24H26N4O5S2/c1-5-34-23-26-21-20(35-23)22(30)28(15-8-6-14(2)7-9-15)24(31)27(21)13-19(29)25-17-12-16(32-3)10-11-18(17)33-4/h6-12,20-21H,5,13H2,1-4H3,(H,25,29). The Morgan fingerprint density at radius 1 is 1.14 bits per heavy atom. The molecule has 9 nitrogen and oxygen atoms in total. The highest BCUT2D eigenvalue weighted by atomic mass is 32.2. The number of anilines is 2. The number of thioether (sulfide) groups is 2. The van der Waals surface area contributed by atoms with Gasteiger partial charge in [-0.25, -0.2) is 14.7 Å². The lowest BCUT2D eigenvalue weighted by Gasteiger charge is -2.39. The van der Waals surface area contributed by atoms with Gasteiger partial charge in [0.2, 0.25) is 5.91 Å². The van der Waals surface area contributed by atoms with Crippen molar-refractivity contribution in [2.75, 3.05) is 36.7 Å². The highest BCUT2D eigenvalue weighted by Gasteiger charge is 2.51. The first-order chi connectivity index (χ1) is 16.9. The van der Waals surface area contributed by atoms with Crippen LogP contribution in [0.15, 0.2) is 47.5 Å². The normalized spacial score (nSPS) is 19.4. The molecule has 2 heterocycles. The van der Waals surface area contributed by atoms with Crippen molar-refractivity contribution in [1.82, 2.24) is 4.90 Å². The second-order valence-corrected chi connectivity index (χ2v) is 10.5. The fraction of sp³-hybridized carbons (Fsp3) is 0.333. The van der Waals surface area contributed by atoms with Crippen LogP contribution in [0.3, 0.4) is 0 Å². The molecule has 0 spiro atoms. The number of ether oxygens (including phenoxy) is 2. The Morgan fingerprint density at radius 3 is 2.54 bits per heavy atom. The number of amides is 4. The van der Waals surface area contributed by atoms with Crippen LogP contribution in [0.5, 0.6) is 11.5 Å². The molecule has 2 atom stereocenters. The van der Waals surface area contributed by atoms with E-state index >= 15 is 0 Å². The highest BCUT2D eigenvalue weighted by Crippen LogP contribution is 2.40. The molecule has 4 amide bonds. The van der Waals surface area contributed by atoms with Crippen LogP contribution in [0, 0.1) is 6.92 Å². The molecular weight excluding hydrogens is 488 g/mol. The molecule has 35 heavy (non-hydrogen) atoms. The lowest BCUT2D eigenvalue weighted by Crippen LogP contribution is -2.63. The van der Waals surface area contributed by atoms with E-state index in [0.717, 1.165) is 20.6 Å². The van der Waals surface area contributed by atoms with E-state index in [2.05, 4.69) is 10.3 Å². The van der Waals surface area contributed by atoms with Crippen LogP contribution in [-0.4, -0.2) is 65.1 Å². The van der Waals surface area contributed by atoms with E-state index in [4.69, 9.17) is 9.47 Å². The average molecular weight is 515 g/mol. The van der Waals surface area contributed by atoms with Gasteiger partial charge in [-0.05, 0) is 36.9 Å². The van der Waals surface area contributed by atoms with E-state index in [0.29, 0.717) is 22.9 Å². The summed E-state index contributed by atoms with van der Waals surface area (Å²) in [5.74, 6) is 0.999. The number of aliphatic imine (C=N–C) groups is 1. The number of nitrogens with zero attached hydrogens (tertiary/aromatic N) is 3. The van der Waals surface area contributed by atoms with Gasteiger partial charge in [0, 0.05) is 6.07 Å². The van der Waals surface area contributed by atoms with Crippen molar-refractivity contribution in [1.29, 1.82) is 0 Å². The molecule has 2 aromatic rings. The monoisotopic (exact) mass is 514 g/mol. The summed E-state index contributed by atoms with van der Waals surface area (Å²) in [5, 5.41) is 2.17. The Hall–Kier alpha value is -3.18. The molecule has 4 rings (SSSR count). The molecule has 0 saturated carbocycles. The van der Waals surface area contributed by atoms with Gasteiger partial charge < -0.3 is 14.8 Å². The molecule has 0 aliphatic carbocycles. The van der Waals surface area contributed by atoms with Crippen molar-refractivity contribution in [2.45, 2.75) is 25.3 Å². The Morgan fingerprint density at radius 2 is 1.89 bits per heavy atom. The Balaban J connectivity index is 1.63. The first-order valence-electron chi connectivity index (χ1n) is 11.0. The van der Waals surface area contributed by atoms with E-state index in [9.17, 15) is 14.4 Å². The molecule has 2 unspecified atom stereocenters. The number of urea groups is 1. The van der Waals surface area contributed by atoms with Crippen LogP contribution in [0.2, 0.25) is 0 Å².